The van der Waals surface area contributed by atoms with Gasteiger partial charge in [-0.05, 0) is 18.8 Å². The number of hydrogen-bond acceptors (Lipinski definition) is 3. The van der Waals surface area contributed by atoms with Crippen molar-refractivity contribution in [2.45, 2.75) is 69.8 Å². The molecule has 146 valence electrons. The van der Waals surface area contributed by atoms with Crippen LogP contribution in [0.2, 0.25) is 0 Å². The number of aromatic nitrogens is 2. The maximum Gasteiger partial charge on any atom is 0.413 e. The molecule has 0 bridgehead atoms. The number of carbonyl (C=O) groups is 1. The van der Waals surface area contributed by atoms with Crippen LogP contribution in [0.3, 0.4) is 0 Å². The smallest absolute Gasteiger partial charge is 0.413 e. The van der Waals surface area contributed by atoms with Crippen molar-refractivity contribution in [3.8, 4) is 0 Å². The molecule has 0 spiro atoms. The van der Waals surface area contributed by atoms with Gasteiger partial charge in [-0.25, -0.2) is 22.4 Å². The molecule has 2 aliphatic rings. The maximum atomic E-state index is 13.2. The second-order valence-electron chi connectivity index (χ2n) is 7.61. The molecule has 0 radical (unpaired) electrons. The van der Waals surface area contributed by atoms with Crippen LogP contribution in [0.1, 0.15) is 62.6 Å². The normalized spacial score (nSPS) is 25.1. The van der Waals surface area contributed by atoms with E-state index in [1.807, 2.05) is 13.8 Å². The van der Waals surface area contributed by atoms with Crippen LogP contribution < -0.4 is 5.32 Å². The first-order valence-corrected chi connectivity index (χ1v) is 8.77. The Bertz CT molecular complexity index is 676. The van der Waals surface area contributed by atoms with E-state index in [2.05, 4.69) is 10.4 Å². The van der Waals surface area contributed by atoms with Gasteiger partial charge in [-0.2, -0.15) is 5.10 Å². The minimum atomic E-state index is -2.66. The number of hydrogen-bond donors (Lipinski definition) is 1. The van der Waals surface area contributed by atoms with E-state index in [9.17, 15) is 22.4 Å². The molecule has 0 saturated heterocycles. The number of nitrogens with one attached hydrogen (secondary N) is 1. The zero-order valence-corrected chi connectivity index (χ0v) is 14.9. The van der Waals surface area contributed by atoms with E-state index in [0.717, 1.165) is 0 Å². The van der Waals surface area contributed by atoms with E-state index in [1.165, 1.54) is 4.68 Å². The Morgan fingerprint density at radius 2 is 1.92 bits per heavy atom. The van der Waals surface area contributed by atoms with Crippen molar-refractivity contribution in [3.05, 3.63) is 11.3 Å². The van der Waals surface area contributed by atoms with Crippen LogP contribution in [0.4, 0.5) is 28.2 Å². The van der Waals surface area contributed by atoms with Gasteiger partial charge in [0.05, 0.1) is 5.69 Å². The standard InChI is InChI=1S/C17H23F4N3O2/c1-8(2)12-13(10-6-17(20,21)7-10)23-24(3)15(12)22-16(25)26-11-4-9(5-11)14(18)19/h8-11,14H,4-7H2,1-3H3,(H,22,25). The van der Waals surface area contributed by atoms with Gasteiger partial charge in [0, 0.05) is 37.3 Å². The molecule has 2 saturated carbocycles. The van der Waals surface area contributed by atoms with Gasteiger partial charge in [-0.3, -0.25) is 10.00 Å². The topological polar surface area (TPSA) is 56.2 Å². The molecule has 1 aromatic rings. The largest absolute Gasteiger partial charge is 0.446 e. The lowest BCUT2D eigenvalue weighted by Gasteiger charge is -2.34. The van der Waals surface area contributed by atoms with Crippen LogP contribution in [-0.2, 0) is 11.8 Å². The number of anilines is 1. The number of halogens is 4. The van der Waals surface area contributed by atoms with Crippen molar-refractivity contribution in [3.63, 3.8) is 0 Å². The summed E-state index contributed by atoms with van der Waals surface area (Å²) in [6.07, 6.45) is -3.85. The highest BCUT2D eigenvalue weighted by Crippen LogP contribution is 2.50. The Morgan fingerprint density at radius 3 is 2.42 bits per heavy atom. The fraction of sp³-hybridized carbons (Fsp3) is 0.765. The third kappa shape index (κ3) is 3.66. The number of ether oxygens (including phenoxy) is 1. The van der Waals surface area contributed by atoms with Gasteiger partial charge < -0.3 is 4.74 Å². The van der Waals surface area contributed by atoms with Gasteiger partial charge in [0.25, 0.3) is 0 Å². The van der Waals surface area contributed by atoms with E-state index in [1.54, 1.807) is 7.05 Å². The monoisotopic (exact) mass is 377 g/mol. The summed E-state index contributed by atoms with van der Waals surface area (Å²) in [6, 6.07) is 0. The van der Waals surface area contributed by atoms with Crippen LogP contribution in [0.25, 0.3) is 0 Å². The Morgan fingerprint density at radius 1 is 1.31 bits per heavy atom. The molecule has 1 aromatic heterocycles. The highest BCUT2D eigenvalue weighted by atomic mass is 19.3. The van der Waals surface area contributed by atoms with Gasteiger partial charge >= 0.3 is 6.09 Å². The first-order valence-electron chi connectivity index (χ1n) is 8.77. The number of nitrogens with zero attached hydrogens (tertiary/aromatic N) is 2. The highest BCUT2D eigenvalue weighted by Gasteiger charge is 2.48. The Labute approximate surface area is 149 Å². The molecular weight excluding hydrogens is 354 g/mol. The van der Waals surface area contributed by atoms with Crippen LogP contribution >= 0.6 is 0 Å². The SMILES string of the molecule is CC(C)c1c(C2CC(F)(F)C2)nn(C)c1NC(=O)OC1CC(C(F)F)C1. The first-order chi connectivity index (χ1) is 12.1. The van der Waals surface area contributed by atoms with Gasteiger partial charge in [0.15, 0.2) is 0 Å². The van der Waals surface area contributed by atoms with Crippen LogP contribution in [0.5, 0.6) is 0 Å². The molecule has 1 amide bonds. The van der Waals surface area contributed by atoms with Crippen molar-refractivity contribution in [1.29, 1.82) is 0 Å². The first kappa shape index (κ1) is 19.0. The average molecular weight is 377 g/mol. The fourth-order valence-electron chi connectivity index (χ4n) is 3.62. The quantitative estimate of drug-likeness (QED) is 0.760. The van der Waals surface area contributed by atoms with Crippen LogP contribution in [0.15, 0.2) is 0 Å². The van der Waals surface area contributed by atoms with Crippen molar-refractivity contribution in [1.82, 2.24) is 9.78 Å². The minimum absolute atomic E-state index is 0.0323. The lowest BCUT2D eigenvalue weighted by Crippen LogP contribution is -2.38. The number of alkyl halides is 4. The van der Waals surface area contributed by atoms with Crippen LogP contribution in [-0.4, -0.2) is 34.3 Å². The number of carbonyl (C=O) groups excluding carboxylic acids is 1. The van der Waals surface area contributed by atoms with E-state index in [0.29, 0.717) is 17.1 Å². The third-order valence-electron chi connectivity index (χ3n) is 5.15. The molecular formula is C17H23F4N3O2. The lowest BCUT2D eigenvalue weighted by atomic mass is 9.77. The molecule has 0 aliphatic heterocycles. The van der Waals surface area contributed by atoms with E-state index < -0.39 is 30.5 Å². The molecule has 26 heavy (non-hydrogen) atoms. The van der Waals surface area contributed by atoms with Crippen molar-refractivity contribution < 1.29 is 27.1 Å². The van der Waals surface area contributed by atoms with Gasteiger partial charge in [0.2, 0.25) is 12.3 Å². The maximum absolute atomic E-state index is 13.2. The predicted molar refractivity (Wildman–Crippen MR) is 86.8 cm³/mol. The van der Waals surface area contributed by atoms with Crippen LogP contribution in [0, 0.1) is 5.92 Å². The zero-order valence-electron chi connectivity index (χ0n) is 14.9. The zero-order chi connectivity index (χ0) is 19.2. The molecule has 1 N–H and O–H groups in total. The van der Waals surface area contributed by atoms with E-state index >= 15 is 0 Å². The summed E-state index contributed by atoms with van der Waals surface area (Å²) in [5.41, 5.74) is 1.29. The van der Waals surface area contributed by atoms with Gasteiger partial charge in [0.1, 0.15) is 11.9 Å². The molecule has 9 heteroatoms. The fourth-order valence-corrected chi connectivity index (χ4v) is 3.62. The summed E-state index contributed by atoms with van der Waals surface area (Å²) in [4.78, 5) is 12.1. The predicted octanol–water partition coefficient (Wildman–Crippen LogP) is 4.65. The highest BCUT2D eigenvalue weighted by molar-refractivity contribution is 5.85. The van der Waals surface area contributed by atoms with E-state index in [-0.39, 0.29) is 37.5 Å². The van der Waals surface area contributed by atoms with Gasteiger partial charge in [-0.1, -0.05) is 13.8 Å². The number of aryl methyl sites for hydroxylation is 1. The average Bonchev–Trinajstić information content (AvgIpc) is 2.76. The number of amides is 1. The second kappa shape index (κ2) is 6.74. The molecule has 2 aliphatic carbocycles. The molecule has 2 fully saturated rings. The number of rotatable bonds is 5. The summed E-state index contributed by atoms with van der Waals surface area (Å²) < 4.78 is 58.0. The Kier molecular flexibility index (Phi) is 4.92. The second-order valence-corrected chi connectivity index (χ2v) is 7.61. The summed E-state index contributed by atoms with van der Waals surface area (Å²) in [6.45, 7) is 3.79. The van der Waals surface area contributed by atoms with E-state index in [4.69, 9.17) is 4.74 Å². The minimum Gasteiger partial charge on any atom is -0.446 e. The lowest BCUT2D eigenvalue weighted by molar-refractivity contribution is -0.0878. The molecule has 0 atom stereocenters. The molecule has 0 aromatic carbocycles. The summed E-state index contributed by atoms with van der Waals surface area (Å²) >= 11 is 0. The van der Waals surface area contributed by atoms with Gasteiger partial charge in [-0.15, -0.1) is 0 Å². The molecule has 1 heterocycles. The summed E-state index contributed by atoms with van der Waals surface area (Å²) in [5, 5.41) is 6.95. The molecule has 3 rings (SSSR count). The van der Waals surface area contributed by atoms with Crippen molar-refractivity contribution in [2.24, 2.45) is 13.0 Å². The van der Waals surface area contributed by atoms with Crippen molar-refractivity contribution in [2.75, 3.05) is 5.32 Å². The molecule has 5 nitrogen and oxygen atoms in total. The summed E-state index contributed by atoms with van der Waals surface area (Å²) in [5.74, 6) is -3.34. The Balaban J connectivity index is 1.67. The van der Waals surface area contributed by atoms with Crippen molar-refractivity contribution >= 4 is 11.9 Å². The third-order valence-corrected chi connectivity index (χ3v) is 5.15. The summed E-state index contributed by atoms with van der Waals surface area (Å²) in [7, 11) is 1.62. The Hall–Kier alpha value is -1.80. The molecule has 0 unspecified atom stereocenters.